The van der Waals surface area contributed by atoms with Crippen molar-refractivity contribution >= 4 is 28.6 Å². The molecular weight excluding hydrogens is 414 g/mol. The molecular formula is C23H25N3O2S2. The van der Waals surface area contributed by atoms with E-state index in [1.54, 1.807) is 17.5 Å². The number of nitrogens with zero attached hydrogens (tertiary/aromatic N) is 3. The molecule has 3 aromatic heterocycles. The lowest BCUT2D eigenvalue weighted by Crippen LogP contribution is -2.59. The third kappa shape index (κ3) is 3.71. The van der Waals surface area contributed by atoms with E-state index in [1.807, 2.05) is 28.5 Å². The molecule has 156 valence electrons. The van der Waals surface area contributed by atoms with Crippen LogP contribution in [0.15, 0.2) is 53.5 Å². The molecule has 0 radical (unpaired) electrons. The molecule has 5 heterocycles. The fourth-order valence-corrected chi connectivity index (χ4v) is 6.26. The number of ether oxygens (including phenoxy) is 1. The highest BCUT2D eigenvalue weighted by molar-refractivity contribution is 7.11. The summed E-state index contributed by atoms with van der Waals surface area (Å²) in [6, 6.07) is 10.5. The third-order valence-electron chi connectivity index (χ3n) is 6.05. The molecule has 2 aliphatic heterocycles. The lowest BCUT2D eigenvalue weighted by molar-refractivity contribution is -0.173. The average molecular weight is 440 g/mol. The van der Waals surface area contributed by atoms with Gasteiger partial charge in [0, 0.05) is 60.8 Å². The molecule has 0 aromatic carbocycles. The largest absolute Gasteiger partial charge is 0.361 e. The Labute approximate surface area is 184 Å². The number of carbonyl (C=O) groups is 1. The van der Waals surface area contributed by atoms with Gasteiger partial charge < -0.3 is 9.64 Å². The van der Waals surface area contributed by atoms with E-state index in [1.165, 1.54) is 15.3 Å². The SMILES string of the molecule is Cc1ccc(CN2C[C@H](c3cccnc3)[C@@]3(C2)OCCN(Cc2ccsc2)C3=O)s1. The number of hydrogen-bond donors (Lipinski definition) is 0. The number of aryl methyl sites for hydroxylation is 1. The van der Waals surface area contributed by atoms with Gasteiger partial charge in [0.25, 0.3) is 5.91 Å². The Bertz CT molecular complexity index is 1000. The quantitative estimate of drug-likeness (QED) is 0.605. The number of hydrogen-bond acceptors (Lipinski definition) is 6. The van der Waals surface area contributed by atoms with E-state index in [9.17, 15) is 4.79 Å². The number of amides is 1. The number of thiophene rings is 2. The molecule has 0 saturated carbocycles. The van der Waals surface area contributed by atoms with Gasteiger partial charge in [-0.2, -0.15) is 11.3 Å². The number of pyridine rings is 1. The molecule has 30 heavy (non-hydrogen) atoms. The zero-order valence-electron chi connectivity index (χ0n) is 17.0. The van der Waals surface area contributed by atoms with Gasteiger partial charge in [-0.3, -0.25) is 14.7 Å². The molecule has 2 atom stereocenters. The van der Waals surface area contributed by atoms with E-state index in [0.717, 1.165) is 18.7 Å². The van der Waals surface area contributed by atoms with Crippen molar-refractivity contribution in [1.29, 1.82) is 0 Å². The van der Waals surface area contributed by atoms with E-state index < -0.39 is 5.60 Å². The average Bonchev–Trinajstić information content (AvgIpc) is 3.48. The molecule has 2 aliphatic rings. The topological polar surface area (TPSA) is 45.7 Å². The van der Waals surface area contributed by atoms with Crippen LogP contribution in [-0.4, -0.2) is 52.5 Å². The van der Waals surface area contributed by atoms with Crippen molar-refractivity contribution in [3.8, 4) is 0 Å². The normalized spacial score (nSPS) is 24.8. The lowest BCUT2D eigenvalue weighted by Gasteiger charge is -2.42. The second-order valence-corrected chi connectivity index (χ2v) is 10.3. The maximum atomic E-state index is 13.8. The monoisotopic (exact) mass is 439 g/mol. The minimum absolute atomic E-state index is 0.0231. The minimum Gasteiger partial charge on any atom is -0.361 e. The van der Waals surface area contributed by atoms with Gasteiger partial charge in [0.15, 0.2) is 5.60 Å². The number of carbonyl (C=O) groups excluding carboxylic acids is 1. The zero-order valence-corrected chi connectivity index (χ0v) is 18.6. The molecule has 1 spiro atoms. The number of rotatable bonds is 5. The molecule has 0 aliphatic carbocycles. The van der Waals surface area contributed by atoms with Crippen LogP contribution in [-0.2, 0) is 22.6 Å². The van der Waals surface area contributed by atoms with Gasteiger partial charge in [0.1, 0.15) is 0 Å². The van der Waals surface area contributed by atoms with Crippen molar-refractivity contribution in [1.82, 2.24) is 14.8 Å². The highest BCUT2D eigenvalue weighted by atomic mass is 32.1. The number of likely N-dealkylation sites (tertiary alicyclic amines) is 1. The van der Waals surface area contributed by atoms with Crippen molar-refractivity contribution < 1.29 is 9.53 Å². The maximum Gasteiger partial charge on any atom is 0.257 e. The first-order valence-corrected chi connectivity index (χ1v) is 12.0. The van der Waals surface area contributed by atoms with Crippen LogP contribution < -0.4 is 0 Å². The van der Waals surface area contributed by atoms with Crippen LogP contribution in [0.2, 0.25) is 0 Å². The van der Waals surface area contributed by atoms with Gasteiger partial charge in [0.2, 0.25) is 0 Å². The second kappa shape index (κ2) is 8.23. The molecule has 3 aromatic rings. The summed E-state index contributed by atoms with van der Waals surface area (Å²) in [4.78, 5) is 25.1. The van der Waals surface area contributed by atoms with E-state index >= 15 is 0 Å². The fraction of sp³-hybridized carbons (Fsp3) is 0.391. The van der Waals surface area contributed by atoms with Crippen molar-refractivity contribution in [3.05, 3.63) is 74.4 Å². The lowest BCUT2D eigenvalue weighted by atomic mass is 9.83. The molecule has 5 nitrogen and oxygen atoms in total. The Morgan fingerprint density at radius 1 is 1.27 bits per heavy atom. The van der Waals surface area contributed by atoms with Crippen LogP contribution >= 0.6 is 22.7 Å². The fourth-order valence-electron chi connectivity index (χ4n) is 4.67. The van der Waals surface area contributed by atoms with Crippen molar-refractivity contribution in [2.75, 3.05) is 26.2 Å². The van der Waals surface area contributed by atoms with Gasteiger partial charge >= 0.3 is 0 Å². The summed E-state index contributed by atoms with van der Waals surface area (Å²) in [6.45, 7) is 6.24. The first kappa shape index (κ1) is 19.9. The molecule has 5 rings (SSSR count). The first-order chi connectivity index (χ1) is 14.6. The van der Waals surface area contributed by atoms with E-state index in [2.05, 4.69) is 51.8 Å². The Balaban J connectivity index is 1.45. The molecule has 2 saturated heterocycles. The smallest absolute Gasteiger partial charge is 0.257 e. The summed E-state index contributed by atoms with van der Waals surface area (Å²) in [5, 5.41) is 4.18. The summed E-state index contributed by atoms with van der Waals surface area (Å²) in [6.07, 6.45) is 3.67. The Hall–Kier alpha value is -2.06. The highest BCUT2D eigenvalue weighted by Crippen LogP contribution is 2.42. The summed E-state index contributed by atoms with van der Waals surface area (Å²) < 4.78 is 6.37. The molecule has 7 heteroatoms. The standard InChI is InChI=1S/C23H25N3O2S2/c1-17-4-5-20(30-17)13-25-14-21(19-3-2-7-24-11-19)23(16-25)22(27)26(8-9-28-23)12-18-6-10-29-15-18/h2-7,10-11,15,21H,8-9,12-14,16H2,1H3/t21-,23-/m1/s1. The van der Waals surface area contributed by atoms with Gasteiger partial charge in [-0.05, 0) is 53.1 Å². The van der Waals surface area contributed by atoms with Crippen molar-refractivity contribution in [2.45, 2.75) is 31.5 Å². The molecule has 0 unspecified atom stereocenters. The minimum atomic E-state index is -0.844. The Kier molecular flexibility index (Phi) is 5.45. The first-order valence-electron chi connectivity index (χ1n) is 10.3. The number of morpholine rings is 1. The molecule has 1 amide bonds. The Morgan fingerprint density at radius 2 is 2.20 bits per heavy atom. The highest BCUT2D eigenvalue weighted by Gasteiger charge is 2.57. The summed E-state index contributed by atoms with van der Waals surface area (Å²) in [5.74, 6) is 0.0868. The summed E-state index contributed by atoms with van der Waals surface area (Å²) >= 11 is 3.49. The van der Waals surface area contributed by atoms with Gasteiger partial charge in [-0.15, -0.1) is 11.3 Å². The maximum absolute atomic E-state index is 13.8. The van der Waals surface area contributed by atoms with E-state index in [0.29, 0.717) is 26.2 Å². The van der Waals surface area contributed by atoms with E-state index in [-0.39, 0.29) is 11.8 Å². The number of aromatic nitrogens is 1. The van der Waals surface area contributed by atoms with Crippen LogP contribution in [0, 0.1) is 6.92 Å². The molecule has 2 fully saturated rings. The second-order valence-electron chi connectivity index (χ2n) is 8.12. The van der Waals surface area contributed by atoms with Crippen LogP contribution in [0.25, 0.3) is 0 Å². The molecule has 0 bridgehead atoms. The van der Waals surface area contributed by atoms with Crippen molar-refractivity contribution in [3.63, 3.8) is 0 Å². The van der Waals surface area contributed by atoms with Gasteiger partial charge in [0.05, 0.1) is 6.61 Å². The summed E-state index contributed by atoms with van der Waals surface area (Å²) in [7, 11) is 0. The molecule has 0 N–H and O–H groups in total. The van der Waals surface area contributed by atoms with Gasteiger partial charge in [-0.1, -0.05) is 6.07 Å². The predicted octanol–water partition coefficient (Wildman–Crippen LogP) is 3.91. The van der Waals surface area contributed by atoms with E-state index in [4.69, 9.17) is 4.74 Å². The van der Waals surface area contributed by atoms with Crippen LogP contribution in [0.5, 0.6) is 0 Å². The van der Waals surface area contributed by atoms with Gasteiger partial charge in [-0.25, -0.2) is 0 Å². The summed E-state index contributed by atoms with van der Waals surface area (Å²) in [5.41, 5.74) is 1.42. The third-order valence-corrected chi connectivity index (χ3v) is 7.77. The predicted molar refractivity (Wildman–Crippen MR) is 120 cm³/mol. The van der Waals surface area contributed by atoms with Crippen LogP contribution in [0.4, 0.5) is 0 Å². The zero-order chi connectivity index (χ0) is 20.6. The van der Waals surface area contributed by atoms with Crippen LogP contribution in [0.3, 0.4) is 0 Å². The van der Waals surface area contributed by atoms with Crippen LogP contribution in [0.1, 0.15) is 26.8 Å². The van der Waals surface area contributed by atoms with Crippen molar-refractivity contribution in [2.24, 2.45) is 0 Å². The Morgan fingerprint density at radius 3 is 2.93 bits per heavy atom.